The molecule has 1 atom stereocenters. The molecule has 1 fully saturated rings. The van der Waals surface area contributed by atoms with Gasteiger partial charge in [-0.3, -0.25) is 9.69 Å². The van der Waals surface area contributed by atoms with Crippen molar-refractivity contribution in [3.05, 3.63) is 29.0 Å². The number of nitrogens with one attached hydrogen (secondary N) is 1. The van der Waals surface area contributed by atoms with Gasteiger partial charge in [-0.2, -0.15) is 0 Å². The van der Waals surface area contributed by atoms with Crippen LogP contribution in [0.4, 0.5) is 10.1 Å². The lowest BCUT2D eigenvalue weighted by atomic mass is 10.1. The maximum Gasteiger partial charge on any atom is 0.238 e. The van der Waals surface area contributed by atoms with Gasteiger partial charge in [0.15, 0.2) is 0 Å². The molecule has 20 heavy (non-hydrogen) atoms. The van der Waals surface area contributed by atoms with E-state index in [1.807, 2.05) is 4.90 Å². The third kappa shape index (κ3) is 4.16. The fourth-order valence-electron chi connectivity index (χ4n) is 2.41. The Kier molecular flexibility index (Phi) is 5.34. The Morgan fingerprint density at radius 3 is 3.10 bits per heavy atom. The molecule has 0 spiro atoms. The van der Waals surface area contributed by atoms with Crippen molar-refractivity contribution < 1.29 is 13.9 Å². The molecule has 2 rings (SSSR count). The predicted molar refractivity (Wildman–Crippen MR) is 76.5 cm³/mol. The van der Waals surface area contributed by atoms with Crippen molar-refractivity contribution in [2.45, 2.75) is 6.42 Å². The summed E-state index contributed by atoms with van der Waals surface area (Å²) in [7, 11) is 1.68. The summed E-state index contributed by atoms with van der Waals surface area (Å²) in [5.74, 6) is -0.270. The molecule has 1 amide bonds. The fourth-order valence-corrected chi connectivity index (χ4v) is 2.57. The second-order valence-corrected chi connectivity index (χ2v) is 5.45. The van der Waals surface area contributed by atoms with E-state index in [9.17, 15) is 9.18 Å². The van der Waals surface area contributed by atoms with Crippen LogP contribution >= 0.6 is 11.6 Å². The fraction of sp³-hybridized carbons (Fsp3) is 0.500. The Balaban J connectivity index is 1.84. The summed E-state index contributed by atoms with van der Waals surface area (Å²) >= 11 is 5.66. The van der Waals surface area contributed by atoms with Gasteiger partial charge in [-0.05, 0) is 37.1 Å². The molecule has 0 bridgehead atoms. The predicted octanol–water partition coefficient (Wildman–Crippen LogP) is 2.39. The molecule has 1 aliphatic rings. The van der Waals surface area contributed by atoms with Gasteiger partial charge in [0.05, 0.1) is 18.8 Å². The molecule has 0 unspecified atom stereocenters. The molecular formula is C14H18ClFN2O2. The van der Waals surface area contributed by atoms with Gasteiger partial charge in [-0.25, -0.2) is 4.39 Å². The second kappa shape index (κ2) is 7.02. The van der Waals surface area contributed by atoms with E-state index in [1.54, 1.807) is 13.2 Å². The van der Waals surface area contributed by atoms with Gasteiger partial charge in [-0.1, -0.05) is 11.6 Å². The van der Waals surface area contributed by atoms with E-state index in [-0.39, 0.29) is 18.1 Å². The number of hydrogen-bond donors (Lipinski definition) is 1. The van der Waals surface area contributed by atoms with E-state index >= 15 is 0 Å². The smallest absolute Gasteiger partial charge is 0.238 e. The Morgan fingerprint density at radius 1 is 1.60 bits per heavy atom. The molecule has 0 saturated carbocycles. The minimum absolute atomic E-state index is 0.159. The summed E-state index contributed by atoms with van der Waals surface area (Å²) in [5.41, 5.74) is 0.159. The van der Waals surface area contributed by atoms with E-state index < -0.39 is 5.82 Å². The molecule has 1 aliphatic heterocycles. The number of methoxy groups -OCH3 is 1. The number of carbonyl (C=O) groups excluding carboxylic acids is 1. The quantitative estimate of drug-likeness (QED) is 0.908. The van der Waals surface area contributed by atoms with Crippen LogP contribution in [0.1, 0.15) is 6.42 Å². The van der Waals surface area contributed by atoms with Gasteiger partial charge in [0, 0.05) is 18.7 Å². The first-order valence-electron chi connectivity index (χ1n) is 6.54. The largest absolute Gasteiger partial charge is 0.384 e. The Hall–Kier alpha value is -1.17. The minimum Gasteiger partial charge on any atom is -0.384 e. The van der Waals surface area contributed by atoms with Gasteiger partial charge in [-0.15, -0.1) is 0 Å². The number of amides is 1. The third-order valence-corrected chi connectivity index (χ3v) is 3.58. The number of hydrogen-bond acceptors (Lipinski definition) is 3. The molecule has 6 heteroatoms. The van der Waals surface area contributed by atoms with Crippen molar-refractivity contribution >= 4 is 23.2 Å². The molecule has 1 N–H and O–H groups in total. The summed E-state index contributed by atoms with van der Waals surface area (Å²) in [6.07, 6.45) is 1.02. The van der Waals surface area contributed by atoms with Gasteiger partial charge in [0.1, 0.15) is 5.82 Å². The van der Waals surface area contributed by atoms with Crippen LogP contribution in [0.5, 0.6) is 0 Å². The standard InChI is InChI=1S/C14H18ClFN2O2/c1-20-9-10-4-5-18(7-10)8-14(19)17-13-3-2-11(15)6-12(13)16/h2-3,6,10H,4-5,7-9H2,1H3,(H,17,19)/t10-/m0/s1. The van der Waals surface area contributed by atoms with Gasteiger partial charge in [0.2, 0.25) is 5.91 Å². The molecule has 1 aromatic rings. The zero-order valence-electron chi connectivity index (χ0n) is 11.4. The van der Waals surface area contributed by atoms with Crippen LogP contribution in [-0.2, 0) is 9.53 Å². The number of anilines is 1. The Bertz CT molecular complexity index is 484. The van der Waals surface area contributed by atoms with Crippen molar-refractivity contribution in [2.75, 3.05) is 38.7 Å². The summed E-state index contributed by atoms with van der Waals surface area (Å²) < 4.78 is 18.7. The number of nitrogens with zero attached hydrogens (tertiary/aromatic N) is 1. The maximum atomic E-state index is 13.6. The molecule has 1 saturated heterocycles. The molecule has 1 heterocycles. The van der Waals surface area contributed by atoms with Crippen LogP contribution in [0.3, 0.4) is 0 Å². The van der Waals surface area contributed by atoms with E-state index in [0.717, 1.165) is 19.5 Å². The van der Waals surface area contributed by atoms with Crippen LogP contribution in [0.25, 0.3) is 0 Å². The first kappa shape index (κ1) is 15.2. The van der Waals surface area contributed by atoms with Crippen molar-refractivity contribution in [2.24, 2.45) is 5.92 Å². The Labute approximate surface area is 122 Å². The highest BCUT2D eigenvalue weighted by Crippen LogP contribution is 2.19. The highest BCUT2D eigenvalue weighted by atomic mass is 35.5. The highest BCUT2D eigenvalue weighted by molar-refractivity contribution is 6.30. The topological polar surface area (TPSA) is 41.6 Å². The number of rotatable bonds is 5. The summed E-state index contributed by atoms with van der Waals surface area (Å²) in [6, 6.07) is 4.19. The normalized spacial score (nSPS) is 19.2. The average Bonchev–Trinajstić information content (AvgIpc) is 2.81. The van der Waals surface area contributed by atoms with E-state index in [4.69, 9.17) is 16.3 Å². The van der Waals surface area contributed by atoms with Crippen LogP contribution in [0, 0.1) is 11.7 Å². The monoisotopic (exact) mass is 300 g/mol. The summed E-state index contributed by atoms with van der Waals surface area (Å²) in [5, 5.41) is 2.87. The van der Waals surface area contributed by atoms with E-state index in [2.05, 4.69) is 5.32 Å². The van der Waals surface area contributed by atoms with Crippen molar-refractivity contribution in [1.82, 2.24) is 4.90 Å². The van der Waals surface area contributed by atoms with Crippen molar-refractivity contribution in [3.8, 4) is 0 Å². The molecule has 110 valence electrons. The van der Waals surface area contributed by atoms with E-state index in [1.165, 1.54) is 12.1 Å². The molecule has 0 radical (unpaired) electrons. The highest BCUT2D eigenvalue weighted by Gasteiger charge is 2.24. The molecule has 4 nitrogen and oxygen atoms in total. The zero-order valence-corrected chi connectivity index (χ0v) is 12.1. The average molecular weight is 301 g/mol. The first-order valence-corrected chi connectivity index (χ1v) is 6.92. The maximum absolute atomic E-state index is 13.6. The van der Waals surface area contributed by atoms with Crippen molar-refractivity contribution in [1.29, 1.82) is 0 Å². The first-order chi connectivity index (χ1) is 9.58. The number of halogens is 2. The number of carbonyl (C=O) groups is 1. The van der Waals surface area contributed by atoms with E-state index in [0.29, 0.717) is 17.5 Å². The Morgan fingerprint density at radius 2 is 2.40 bits per heavy atom. The van der Waals surface area contributed by atoms with Crippen LogP contribution in [0.2, 0.25) is 5.02 Å². The molecule has 1 aromatic carbocycles. The lowest BCUT2D eigenvalue weighted by molar-refractivity contribution is -0.117. The number of benzene rings is 1. The lowest BCUT2D eigenvalue weighted by Crippen LogP contribution is -2.32. The minimum atomic E-state index is -0.524. The molecular weight excluding hydrogens is 283 g/mol. The molecule has 0 aliphatic carbocycles. The van der Waals surface area contributed by atoms with Crippen LogP contribution < -0.4 is 5.32 Å². The van der Waals surface area contributed by atoms with Gasteiger partial charge >= 0.3 is 0 Å². The number of ether oxygens (including phenoxy) is 1. The number of likely N-dealkylation sites (tertiary alicyclic amines) is 1. The summed E-state index contributed by atoms with van der Waals surface area (Å²) in [6.45, 7) is 2.68. The van der Waals surface area contributed by atoms with Crippen molar-refractivity contribution in [3.63, 3.8) is 0 Å². The van der Waals surface area contributed by atoms with Crippen LogP contribution in [-0.4, -0.2) is 44.2 Å². The van der Waals surface area contributed by atoms with Crippen LogP contribution in [0.15, 0.2) is 18.2 Å². The molecule has 0 aromatic heterocycles. The second-order valence-electron chi connectivity index (χ2n) is 5.02. The zero-order chi connectivity index (χ0) is 14.5. The summed E-state index contributed by atoms with van der Waals surface area (Å²) in [4.78, 5) is 13.9. The van der Waals surface area contributed by atoms with Gasteiger partial charge in [0.25, 0.3) is 0 Å². The van der Waals surface area contributed by atoms with Gasteiger partial charge < -0.3 is 10.1 Å². The SMILES string of the molecule is COC[C@H]1CCN(CC(=O)Nc2ccc(Cl)cc2F)C1. The third-order valence-electron chi connectivity index (χ3n) is 3.34. The lowest BCUT2D eigenvalue weighted by Gasteiger charge is -2.15.